The van der Waals surface area contributed by atoms with E-state index in [-0.39, 0.29) is 5.69 Å². The normalized spacial score (nSPS) is 10.7. The number of aryl methyl sites for hydroxylation is 1. The molecule has 0 aliphatic heterocycles. The Labute approximate surface area is 121 Å². The van der Waals surface area contributed by atoms with Gasteiger partial charge in [0.2, 0.25) is 0 Å². The predicted molar refractivity (Wildman–Crippen MR) is 78.5 cm³/mol. The number of carboxylic acids is 1. The number of hydrogen-bond acceptors (Lipinski definition) is 4. The minimum absolute atomic E-state index is 0.124. The fraction of sp³-hybridized carbons (Fsp3) is 0.133. The third-order valence-corrected chi connectivity index (χ3v) is 3.27. The number of aromatic carboxylic acids is 1. The maximum atomic E-state index is 11.5. The topological polar surface area (TPSA) is 79.5 Å². The van der Waals surface area contributed by atoms with Gasteiger partial charge in [-0.3, -0.25) is 9.38 Å². The van der Waals surface area contributed by atoms with Crippen LogP contribution in [0.5, 0.6) is 0 Å². The Morgan fingerprint density at radius 1 is 1.33 bits per heavy atom. The molecule has 0 bridgehead atoms. The third-order valence-electron chi connectivity index (χ3n) is 3.27. The number of carboxylic acid groups (broad SMARTS) is 1. The lowest BCUT2D eigenvalue weighted by atomic mass is 10.2. The average molecular weight is 282 g/mol. The fourth-order valence-electron chi connectivity index (χ4n) is 2.19. The minimum atomic E-state index is -1.02. The van der Waals surface area contributed by atoms with Crippen LogP contribution in [0.15, 0.2) is 42.7 Å². The van der Waals surface area contributed by atoms with Crippen molar-refractivity contribution in [2.75, 3.05) is 5.32 Å². The summed E-state index contributed by atoms with van der Waals surface area (Å²) in [7, 11) is 0. The number of rotatable bonds is 4. The van der Waals surface area contributed by atoms with Gasteiger partial charge in [0.1, 0.15) is 5.65 Å². The first kappa shape index (κ1) is 13.1. The van der Waals surface area contributed by atoms with Gasteiger partial charge in [0.15, 0.2) is 11.5 Å². The Kier molecular flexibility index (Phi) is 3.27. The van der Waals surface area contributed by atoms with Crippen molar-refractivity contribution in [1.82, 2.24) is 14.4 Å². The Balaban J connectivity index is 1.95. The van der Waals surface area contributed by atoms with Crippen molar-refractivity contribution in [2.24, 2.45) is 0 Å². The van der Waals surface area contributed by atoms with Crippen molar-refractivity contribution in [3.63, 3.8) is 0 Å². The fourth-order valence-corrected chi connectivity index (χ4v) is 2.19. The molecule has 6 heteroatoms. The largest absolute Gasteiger partial charge is 0.476 e. The van der Waals surface area contributed by atoms with E-state index in [9.17, 15) is 9.90 Å². The summed E-state index contributed by atoms with van der Waals surface area (Å²) in [6, 6.07) is 9.19. The SMILES string of the molecule is Cc1cccnc1CNc1nc2ccccn2c1C(=O)O. The highest BCUT2D eigenvalue weighted by atomic mass is 16.4. The summed E-state index contributed by atoms with van der Waals surface area (Å²) < 4.78 is 1.55. The van der Waals surface area contributed by atoms with E-state index in [1.54, 1.807) is 28.9 Å². The number of carbonyl (C=O) groups is 1. The molecule has 2 N–H and O–H groups in total. The third kappa shape index (κ3) is 2.43. The maximum Gasteiger partial charge on any atom is 0.356 e. The lowest BCUT2D eigenvalue weighted by Crippen LogP contribution is -2.09. The molecule has 0 aromatic carbocycles. The summed E-state index contributed by atoms with van der Waals surface area (Å²) in [4.78, 5) is 20.1. The number of imidazole rings is 1. The van der Waals surface area contributed by atoms with Gasteiger partial charge in [-0.1, -0.05) is 12.1 Å². The second kappa shape index (κ2) is 5.24. The molecule has 3 heterocycles. The van der Waals surface area contributed by atoms with Crippen LogP contribution in [0.4, 0.5) is 5.82 Å². The van der Waals surface area contributed by atoms with Crippen LogP contribution in [0.25, 0.3) is 5.65 Å². The Bertz CT molecular complexity index is 810. The first-order valence-corrected chi connectivity index (χ1v) is 6.51. The lowest BCUT2D eigenvalue weighted by molar-refractivity contribution is 0.0690. The van der Waals surface area contributed by atoms with Crippen molar-refractivity contribution >= 4 is 17.4 Å². The second-order valence-corrected chi connectivity index (χ2v) is 4.66. The number of fused-ring (bicyclic) bond motifs is 1. The molecule has 0 saturated carbocycles. The van der Waals surface area contributed by atoms with E-state index in [1.165, 1.54) is 0 Å². The summed E-state index contributed by atoms with van der Waals surface area (Å²) in [5.41, 5.74) is 2.63. The van der Waals surface area contributed by atoms with Crippen molar-refractivity contribution in [2.45, 2.75) is 13.5 Å². The monoisotopic (exact) mass is 282 g/mol. The summed E-state index contributed by atoms with van der Waals surface area (Å²) >= 11 is 0. The lowest BCUT2D eigenvalue weighted by Gasteiger charge is -2.06. The number of nitrogens with one attached hydrogen (secondary N) is 1. The number of pyridine rings is 2. The van der Waals surface area contributed by atoms with Gasteiger partial charge in [-0.2, -0.15) is 0 Å². The van der Waals surface area contributed by atoms with E-state index >= 15 is 0 Å². The highest BCUT2D eigenvalue weighted by Gasteiger charge is 2.18. The van der Waals surface area contributed by atoms with Gasteiger partial charge in [0.25, 0.3) is 0 Å². The minimum Gasteiger partial charge on any atom is -0.476 e. The molecule has 0 fully saturated rings. The molecule has 0 spiro atoms. The van der Waals surface area contributed by atoms with Crippen molar-refractivity contribution in [3.05, 3.63) is 59.7 Å². The van der Waals surface area contributed by atoms with Crippen molar-refractivity contribution in [1.29, 1.82) is 0 Å². The van der Waals surface area contributed by atoms with Gasteiger partial charge in [-0.25, -0.2) is 9.78 Å². The first-order valence-electron chi connectivity index (χ1n) is 6.51. The number of hydrogen-bond donors (Lipinski definition) is 2. The molecule has 3 aromatic rings. The van der Waals surface area contributed by atoms with Crippen LogP contribution in [0.2, 0.25) is 0 Å². The molecule has 6 nitrogen and oxygen atoms in total. The summed E-state index contributed by atoms with van der Waals surface area (Å²) in [5, 5.41) is 12.5. The molecule has 106 valence electrons. The van der Waals surface area contributed by atoms with Crippen molar-refractivity contribution < 1.29 is 9.90 Å². The zero-order valence-electron chi connectivity index (χ0n) is 11.4. The summed E-state index contributed by atoms with van der Waals surface area (Å²) in [5.74, 6) is -0.673. The molecule has 0 atom stereocenters. The summed E-state index contributed by atoms with van der Waals surface area (Å²) in [6.07, 6.45) is 3.40. The molecule has 21 heavy (non-hydrogen) atoms. The molecule has 0 saturated heterocycles. The Hall–Kier alpha value is -2.89. The molecule has 0 amide bonds. The van der Waals surface area contributed by atoms with Crippen molar-refractivity contribution in [3.8, 4) is 0 Å². The van der Waals surface area contributed by atoms with Crippen LogP contribution in [-0.2, 0) is 6.54 Å². The molecule has 0 aliphatic rings. The molecule has 0 aliphatic carbocycles. The smallest absolute Gasteiger partial charge is 0.356 e. The second-order valence-electron chi connectivity index (χ2n) is 4.66. The maximum absolute atomic E-state index is 11.5. The van der Waals surface area contributed by atoms with Crippen LogP contribution >= 0.6 is 0 Å². The van der Waals surface area contributed by atoms with E-state index in [0.29, 0.717) is 18.0 Å². The molecule has 3 rings (SSSR count). The molecular weight excluding hydrogens is 268 g/mol. The van der Waals surface area contributed by atoms with E-state index in [4.69, 9.17) is 0 Å². The van der Waals surface area contributed by atoms with Crippen LogP contribution < -0.4 is 5.32 Å². The highest BCUT2D eigenvalue weighted by molar-refractivity contribution is 5.92. The van der Waals surface area contributed by atoms with E-state index in [0.717, 1.165) is 11.3 Å². The zero-order valence-corrected chi connectivity index (χ0v) is 11.4. The van der Waals surface area contributed by atoms with Crippen LogP contribution in [-0.4, -0.2) is 25.4 Å². The van der Waals surface area contributed by atoms with Gasteiger partial charge in [0, 0.05) is 12.4 Å². The average Bonchev–Trinajstić information content (AvgIpc) is 2.85. The molecular formula is C15H14N4O2. The van der Waals surface area contributed by atoms with Gasteiger partial charge in [-0.15, -0.1) is 0 Å². The van der Waals surface area contributed by atoms with Gasteiger partial charge in [-0.05, 0) is 30.7 Å². The Morgan fingerprint density at radius 2 is 2.19 bits per heavy atom. The van der Waals surface area contributed by atoms with E-state index in [1.807, 2.05) is 25.1 Å². The number of anilines is 1. The molecule has 0 radical (unpaired) electrons. The highest BCUT2D eigenvalue weighted by Crippen LogP contribution is 2.18. The standard InChI is InChI=1S/C15H14N4O2/c1-10-5-4-7-16-11(10)9-17-14-13(15(20)21)19-8-3-2-6-12(19)18-14/h2-8,17H,9H2,1H3,(H,20,21). The van der Waals surface area contributed by atoms with Gasteiger partial charge >= 0.3 is 5.97 Å². The number of aromatic nitrogens is 3. The quantitative estimate of drug-likeness (QED) is 0.768. The predicted octanol–water partition coefficient (Wildman–Crippen LogP) is 2.35. The first-order chi connectivity index (χ1) is 10.2. The number of nitrogens with zero attached hydrogens (tertiary/aromatic N) is 3. The Morgan fingerprint density at radius 3 is 2.95 bits per heavy atom. The van der Waals surface area contributed by atoms with Crippen LogP contribution in [0, 0.1) is 6.92 Å². The van der Waals surface area contributed by atoms with Gasteiger partial charge in [0.05, 0.1) is 12.2 Å². The van der Waals surface area contributed by atoms with Crippen LogP contribution in [0.3, 0.4) is 0 Å². The van der Waals surface area contributed by atoms with E-state index < -0.39 is 5.97 Å². The summed E-state index contributed by atoms with van der Waals surface area (Å²) in [6.45, 7) is 2.39. The zero-order chi connectivity index (χ0) is 14.8. The van der Waals surface area contributed by atoms with Gasteiger partial charge < -0.3 is 10.4 Å². The van der Waals surface area contributed by atoms with Crippen LogP contribution in [0.1, 0.15) is 21.7 Å². The molecule has 0 unspecified atom stereocenters. The van der Waals surface area contributed by atoms with E-state index in [2.05, 4.69) is 15.3 Å². The molecule has 3 aromatic heterocycles.